The number of benzene rings is 1. The molecule has 0 radical (unpaired) electrons. The van der Waals surface area contributed by atoms with Crippen LogP contribution in [0.4, 0.5) is 11.6 Å². The molecular formula is C15H20N4O. The summed E-state index contributed by atoms with van der Waals surface area (Å²) in [5.41, 5.74) is 8.02. The molecule has 1 aromatic heterocycles. The van der Waals surface area contributed by atoms with E-state index in [1.165, 1.54) is 6.33 Å². The third kappa shape index (κ3) is 3.38. The van der Waals surface area contributed by atoms with E-state index in [0.717, 1.165) is 35.5 Å². The van der Waals surface area contributed by atoms with Crippen molar-refractivity contribution in [3.63, 3.8) is 0 Å². The Hall–Kier alpha value is -2.30. The number of rotatable bonds is 6. The Morgan fingerprint density at radius 2 is 2.15 bits per heavy atom. The van der Waals surface area contributed by atoms with Crippen LogP contribution in [0.2, 0.25) is 0 Å². The van der Waals surface area contributed by atoms with E-state index < -0.39 is 0 Å². The summed E-state index contributed by atoms with van der Waals surface area (Å²) in [5.74, 6) is 2.21. The molecule has 0 aliphatic carbocycles. The van der Waals surface area contributed by atoms with Gasteiger partial charge in [0.1, 0.15) is 23.7 Å². The molecular weight excluding hydrogens is 252 g/mol. The summed E-state index contributed by atoms with van der Waals surface area (Å²) in [7, 11) is 1.66. The molecule has 0 atom stereocenters. The maximum atomic E-state index is 5.91. The summed E-state index contributed by atoms with van der Waals surface area (Å²) in [6.07, 6.45) is 3.36. The van der Waals surface area contributed by atoms with Crippen LogP contribution in [0, 0.1) is 0 Å². The van der Waals surface area contributed by atoms with E-state index in [1.54, 1.807) is 7.11 Å². The molecule has 106 valence electrons. The normalized spacial score (nSPS) is 10.3. The van der Waals surface area contributed by atoms with Gasteiger partial charge in [0, 0.05) is 12.1 Å². The minimum atomic E-state index is 0.551. The molecule has 0 bridgehead atoms. The van der Waals surface area contributed by atoms with Gasteiger partial charge in [-0.1, -0.05) is 25.5 Å². The molecule has 0 spiro atoms. The molecule has 0 fully saturated rings. The van der Waals surface area contributed by atoms with Gasteiger partial charge in [0.05, 0.1) is 7.11 Å². The van der Waals surface area contributed by atoms with Gasteiger partial charge in [-0.15, -0.1) is 0 Å². The number of nitrogens with two attached hydrogens (primary N) is 1. The molecule has 0 aliphatic rings. The second kappa shape index (κ2) is 6.75. The lowest BCUT2D eigenvalue weighted by atomic mass is 10.1. The number of hydrogen-bond acceptors (Lipinski definition) is 5. The van der Waals surface area contributed by atoms with Crippen LogP contribution in [0.1, 0.15) is 24.5 Å². The average molecular weight is 272 g/mol. The van der Waals surface area contributed by atoms with E-state index in [4.69, 9.17) is 10.5 Å². The van der Waals surface area contributed by atoms with Crippen LogP contribution < -0.4 is 15.8 Å². The quantitative estimate of drug-likeness (QED) is 0.845. The molecule has 0 saturated carbocycles. The largest absolute Gasteiger partial charge is 0.497 e. The van der Waals surface area contributed by atoms with Gasteiger partial charge in [-0.2, -0.15) is 0 Å². The second-order valence-electron chi connectivity index (χ2n) is 4.54. The van der Waals surface area contributed by atoms with Crippen LogP contribution in [0.25, 0.3) is 0 Å². The summed E-state index contributed by atoms with van der Waals surface area (Å²) >= 11 is 0. The molecule has 2 aromatic rings. The highest BCUT2D eigenvalue weighted by molar-refractivity contribution is 5.55. The topological polar surface area (TPSA) is 73.1 Å². The smallest absolute Gasteiger partial charge is 0.134 e. The van der Waals surface area contributed by atoms with Crippen molar-refractivity contribution in [1.82, 2.24) is 9.97 Å². The number of nitrogen functional groups attached to an aromatic ring is 1. The Bertz CT molecular complexity index is 572. The number of anilines is 2. The SMILES string of the molecule is CCCc1c(N)ncnc1NCc1cccc(OC)c1. The summed E-state index contributed by atoms with van der Waals surface area (Å²) in [4.78, 5) is 8.33. The van der Waals surface area contributed by atoms with Crippen molar-refractivity contribution in [2.24, 2.45) is 0 Å². The lowest BCUT2D eigenvalue weighted by molar-refractivity contribution is 0.414. The Morgan fingerprint density at radius 1 is 1.30 bits per heavy atom. The molecule has 5 heteroatoms. The van der Waals surface area contributed by atoms with Crippen LogP contribution >= 0.6 is 0 Å². The lowest BCUT2D eigenvalue weighted by Gasteiger charge is -2.12. The molecule has 3 N–H and O–H groups in total. The van der Waals surface area contributed by atoms with Gasteiger partial charge < -0.3 is 15.8 Å². The second-order valence-corrected chi connectivity index (χ2v) is 4.54. The highest BCUT2D eigenvalue weighted by Crippen LogP contribution is 2.20. The van der Waals surface area contributed by atoms with Crippen molar-refractivity contribution < 1.29 is 4.74 Å². The molecule has 20 heavy (non-hydrogen) atoms. The zero-order valence-corrected chi connectivity index (χ0v) is 11.9. The number of ether oxygens (including phenoxy) is 1. The van der Waals surface area contributed by atoms with E-state index in [1.807, 2.05) is 24.3 Å². The van der Waals surface area contributed by atoms with E-state index in [9.17, 15) is 0 Å². The van der Waals surface area contributed by atoms with E-state index >= 15 is 0 Å². The van der Waals surface area contributed by atoms with Crippen molar-refractivity contribution in [3.05, 3.63) is 41.7 Å². The molecule has 1 aromatic carbocycles. The fourth-order valence-corrected chi connectivity index (χ4v) is 2.04. The predicted octanol–water partition coefficient (Wildman–Crippen LogP) is 2.63. The van der Waals surface area contributed by atoms with Gasteiger partial charge in [0.15, 0.2) is 0 Å². The van der Waals surface area contributed by atoms with E-state index in [0.29, 0.717) is 12.4 Å². The predicted molar refractivity (Wildman–Crippen MR) is 80.8 cm³/mol. The first-order chi connectivity index (χ1) is 9.74. The lowest BCUT2D eigenvalue weighted by Crippen LogP contribution is -2.08. The summed E-state index contributed by atoms with van der Waals surface area (Å²) in [6, 6.07) is 7.93. The minimum Gasteiger partial charge on any atom is -0.497 e. The van der Waals surface area contributed by atoms with Crippen molar-refractivity contribution in [2.75, 3.05) is 18.2 Å². The molecule has 1 heterocycles. The van der Waals surface area contributed by atoms with Gasteiger partial charge in [0.25, 0.3) is 0 Å². The van der Waals surface area contributed by atoms with Crippen molar-refractivity contribution >= 4 is 11.6 Å². The van der Waals surface area contributed by atoms with Gasteiger partial charge in [-0.05, 0) is 24.1 Å². The van der Waals surface area contributed by atoms with Crippen LogP contribution in [0.5, 0.6) is 5.75 Å². The van der Waals surface area contributed by atoms with Crippen LogP contribution in [0.3, 0.4) is 0 Å². The van der Waals surface area contributed by atoms with Crippen LogP contribution in [0.15, 0.2) is 30.6 Å². The number of nitrogens with one attached hydrogen (secondary N) is 1. The van der Waals surface area contributed by atoms with Gasteiger partial charge in [-0.3, -0.25) is 0 Å². The molecule has 0 amide bonds. The van der Waals surface area contributed by atoms with Crippen molar-refractivity contribution in [3.8, 4) is 5.75 Å². The average Bonchev–Trinajstić information content (AvgIpc) is 2.48. The van der Waals surface area contributed by atoms with Gasteiger partial charge >= 0.3 is 0 Å². The van der Waals surface area contributed by atoms with E-state index in [-0.39, 0.29) is 0 Å². The monoisotopic (exact) mass is 272 g/mol. The number of nitrogens with zero attached hydrogens (tertiary/aromatic N) is 2. The first-order valence-corrected chi connectivity index (χ1v) is 6.70. The number of methoxy groups -OCH3 is 1. The zero-order chi connectivity index (χ0) is 14.4. The first-order valence-electron chi connectivity index (χ1n) is 6.70. The third-order valence-corrected chi connectivity index (χ3v) is 3.07. The van der Waals surface area contributed by atoms with Crippen LogP contribution in [-0.2, 0) is 13.0 Å². The van der Waals surface area contributed by atoms with E-state index in [2.05, 4.69) is 22.2 Å². The fourth-order valence-electron chi connectivity index (χ4n) is 2.04. The molecule has 0 unspecified atom stereocenters. The number of aromatic nitrogens is 2. The van der Waals surface area contributed by atoms with Crippen molar-refractivity contribution in [2.45, 2.75) is 26.3 Å². The molecule has 0 saturated heterocycles. The minimum absolute atomic E-state index is 0.551. The third-order valence-electron chi connectivity index (χ3n) is 3.07. The van der Waals surface area contributed by atoms with Gasteiger partial charge in [-0.25, -0.2) is 9.97 Å². The Balaban J connectivity index is 2.12. The Morgan fingerprint density at radius 3 is 2.90 bits per heavy atom. The number of hydrogen-bond donors (Lipinski definition) is 2. The molecule has 0 aliphatic heterocycles. The standard InChI is InChI=1S/C15H20N4O/c1-3-5-13-14(16)18-10-19-15(13)17-9-11-6-4-7-12(8-11)20-2/h4,6-8,10H,3,5,9H2,1-2H3,(H3,16,17,18,19). The molecule has 5 nitrogen and oxygen atoms in total. The highest BCUT2D eigenvalue weighted by Gasteiger charge is 2.08. The highest BCUT2D eigenvalue weighted by atomic mass is 16.5. The van der Waals surface area contributed by atoms with Crippen molar-refractivity contribution in [1.29, 1.82) is 0 Å². The fraction of sp³-hybridized carbons (Fsp3) is 0.333. The molecule has 2 rings (SSSR count). The van der Waals surface area contributed by atoms with Gasteiger partial charge in [0.2, 0.25) is 0 Å². The maximum absolute atomic E-state index is 5.91. The summed E-state index contributed by atoms with van der Waals surface area (Å²) in [5, 5.41) is 3.32. The summed E-state index contributed by atoms with van der Waals surface area (Å²) in [6.45, 7) is 2.78. The Kier molecular flexibility index (Phi) is 4.76. The Labute approximate surface area is 119 Å². The maximum Gasteiger partial charge on any atom is 0.134 e. The van der Waals surface area contributed by atoms with Crippen LogP contribution in [-0.4, -0.2) is 17.1 Å². The first kappa shape index (κ1) is 14.1. The zero-order valence-electron chi connectivity index (χ0n) is 11.9. The summed E-state index contributed by atoms with van der Waals surface area (Å²) < 4.78 is 5.21.